The summed E-state index contributed by atoms with van der Waals surface area (Å²) in [5.41, 5.74) is 2.82. The van der Waals surface area contributed by atoms with E-state index in [0.29, 0.717) is 25.2 Å². The smallest absolute Gasteiger partial charge is 0.387 e. The van der Waals surface area contributed by atoms with Gasteiger partial charge in [0.15, 0.2) is 0 Å². The Balaban J connectivity index is 1.41. The highest BCUT2D eigenvalue weighted by atomic mass is 19.3. The molecule has 0 bridgehead atoms. The quantitative estimate of drug-likeness (QED) is 0.534. The van der Waals surface area contributed by atoms with Crippen LogP contribution in [0.4, 0.5) is 8.78 Å². The van der Waals surface area contributed by atoms with Gasteiger partial charge in [-0.2, -0.15) is 14.0 Å². The number of carbonyl (C=O) groups is 1. The molecule has 2 aliphatic rings. The number of amides is 1. The summed E-state index contributed by atoms with van der Waals surface area (Å²) >= 11 is 0. The SMILES string of the molecule is C[C@@H](Cc1ncc2c(n1)C[C@@H](C(=O)NC(CCC#N)c1ccc(OC(F)F)cc1)CC2)C1CC1. The number of nitriles is 1. The molecule has 3 atom stereocenters. The fourth-order valence-electron chi connectivity index (χ4n) is 4.68. The Morgan fingerprint density at radius 2 is 2.03 bits per heavy atom. The first-order chi connectivity index (χ1) is 16.4. The number of aromatic nitrogens is 2. The van der Waals surface area contributed by atoms with Crippen LogP contribution in [0, 0.1) is 29.1 Å². The zero-order chi connectivity index (χ0) is 24.1. The molecule has 1 amide bonds. The van der Waals surface area contributed by atoms with Crippen molar-refractivity contribution in [1.29, 1.82) is 5.26 Å². The summed E-state index contributed by atoms with van der Waals surface area (Å²) in [7, 11) is 0. The maximum Gasteiger partial charge on any atom is 0.387 e. The molecule has 1 aromatic heterocycles. The minimum Gasteiger partial charge on any atom is -0.435 e. The average molecular weight is 469 g/mol. The molecule has 1 fully saturated rings. The topological polar surface area (TPSA) is 87.9 Å². The predicted molar refractivity (Wildman–Crippen MR) is 122 cm³/mol. The number of hydrogen-bond donors (Lipinski definition) is 1. The van der Waals surface area contributed by atoms with Gasteiger partial charge in [-0.15, -0.1) is 0 Å². The van der Waals surface area contributed by atoms with Crippen LogP contribution in [0.5, 0.6) is 5.75 Å². The Labute approximate surface area is 198 Å². The minimum atomic E-state index is -2.89. The summed E-state index contributed by atoms with van der Waals surface area (Å²) in [5, 5.41) is 12.1. The van der Waals surface area contributed by atoms with Crippen molar-refractivity contribution in [2.24, 2.45) is 17.8 Å². The summed E-state index contributed by atoms with van der Waals surface area (Å²) in [6.45, 7) is -0.639. The van der Waals surface area contributed by atoms with Crippen LogP contribution in [0.1, 0.15) is 67.7 Å². The molecule has 1 N–H and O–H groups in total. The fraction of sp³-hybridized carbons (Fsp3) is 0.538. The van der Waals surface area contributed by atoms with Crippen LogP contribution in [0.3, 0.4) is 0 Å². The third-order valence-electron chi connectivity index (χ3n) is 6.88. The molecule has 2 aliphatic carbocycles. The van der Waals surface area contributed by atoms with Crippen molar-refractivity contribution >= 4 is 5.91 Å². The fourth-order valence-corrected chi connectivity index (χ4v) is 4.68. The van der Waals surface area contributed by atoms with Gasteiger partial charge >= 0.3 is 6.61 Å². The molecule has 34 heavy (non-hydrogen) atoms. The van der Waals surface area contributed by atoms with Gasteiger partial charge in [-0.25, -0.2) is 9.97 Å². The first-order valence-corrected chi connectivity index (χ1v) is 12.0. The molecule has 180 valence electrons. The van der Waals surface area contributed by atoms with Crippen LogP contribution in [0.15, 0.2) is 30.5 Å². The molecule has 8 heteroatoms. The number of nitrogens with zero attached hydrogens (tertiary/aromatic N) is 3. The minimum absolute atomic E-state index is 0.0551. The van der Waals surface area contributed by atoms with E-state index in [2.05, 4.69) is 28.0 Å². The molecule has 1 heterocycles. The lowest BCUT2D eigenvalue weighted by Gasteiger charge is -2.26. The molecule has 0 saturated heterocycles. The standard InChI is InChI=1S/C26H30F2N4O2/c1-16(17-4-5-17)13-24-30-15-20-7-6-19(14-23(20)31-24)25(33)32-22(3-2-12-29)18-8-10-21(11-9-18)34-26(27)28/h8-11,15-17,19,22,26H,2-7,13-14H2,1H3,(H,32,33)/t16-,19-,22?/m0/s1. The van der Waals surface area contributed by atoms with Gasteiger partial charge in [-0.1, -0.05) is 19.1 Å². The van der Waals surface area contributed by atoms with Gasteiger partial charge in [-0.3, -0.25) is 4.79 Å². The van der Waals surface area contributed by atoms with E-state index in [0.717, 1.165) is 41.4 Å². The van der Waals surface area contributed by atoms with E-state index in [9.17, 15) is 13.6 Å². The molecule has 1 unspecified atom stereocenters. The molecule has 1 saturated carbocycles. The highest BCUT2D eigenvalue weighted by molar-refractivity contribution is 5.79. The predicted octanol–water partition coefficient (Wildman–Crippen LogP) is 4.93. The summed E-state index contributed by atoms with van der Waals surface area (Å²) in [4.78, 5) is 22.5. The van der Waals surface area contributed by atoms with E-state index in [1.807, 2.05) is 6.20 Å². The maximum atomic E-state index is 13.2. The third-order valence-corrected chi connectivity index (χ3v) is 6.88. The Morgan fingerprint density at radius 3 is 2.71 bits per heavy atom. The zero-order valence-electron chi connectivity index (χ0n) is 19.3. The van der Waals surface area contributed by atoms with Crippen LogP contribution < -0.4 is 10.1 Å². The monoisotopic (exact) mass is 468 g/mol. The normalized spacial score (nSPS) is 19.1. The van der Waals surface area contributed by atoms with Gasteiger partial charge in [0.1, 0.15) is 11.6 Å². The van der Waals surface area contributed by atoms with Crippen LogP contribution in [0.2, 0.25) is 0 Å². The number of rotatable bonds is 10. The summed E-state index contributed by atoms with van der Waals surface area (Å²) in [6.07, 6.45) is 8.13. The lowest BCUT2D eigenvalue weighted by Crippen LogP contribution is -2.37. The van der Waals surface area contributed by atoms with E-state index < -0.39 is 6.61 Å². The Kier molecular flexibility index (Phi) is 7.71. The molecular weight excluding hydrogens is 438 g/mol. The average Bonchev–Trinajstić information content (AvgIpc) is 3.67. The van der Waals surface area contributed by atoms with Crippen LogP contribution in [-0.2, 0) is 24.1 Å². The molecule has 6 nitrogen and oxygen atoms in total. The van der Waals surface area contributed by atoms with E-state index in [1.54, 1.807) is 12.1 Å². The lowest BCUT2D eigenvalue weighted by atomic mass is 9.86. The number of nitrogens with one attached hydrogen (secondary N) is 1. The van der Waals surface area contributed by atoms with Crippen LogP contribution in [0.25, 0.3) is 0 Å². The molecule has 0 radical (unpaired) electrons. The molecule has 2 aromatic rings. The number of fused-ring (bicyclic) bond motifs is 1. The van der Waals surface area contributed by atoms with Gasteiger partial charge in [0.2, 0.25) is 5.91 Å². The van der Waals surface area contributed by atoms with Crippen molar-refractivity contribution in [1.82, 2.24) is 15.3 Å². The molecule has 0 aliphatic heterocycles. The number of ether oxygens (including phenoxy) is 1. The second-order valence-corrected chi connectivity index (χ2v) is 9.42. The van der Waals surface area contributed by atoms with E-state index in [-0.39, 0.29) is 30.0 Å². The zero-order valence-corrected chi connectivity index (χ0v) is 19.3. The summed E-state index contributed by atoms with van der Waals surface area (Å²) < 4.78 is 29.3. The van der Waals surface area contributed by atoms with Crippen LogP contribution in [-0.4, -0.2) is 22.5 Å². The third kappa shape index (κ3) is 6.28. The Bertz CT molecular complexity index is 1030. The Hall–Kier alpha value is -3.08. The van der Waals surface area contributed by atoms with Gasteiger partial charge in [0.05, 0.1) is 12.1 Å². The number of aryl methyl sites for hydroxylation is 1. The highest BCUT2D eigenvalue weighted by Crippen LogP contribution is 2.38. The van der Waals surface area contributed by atoms with E-state index in [4.69, 9.17) is 10.2 Å². The van der Waals surface area contributed by atoms with Gasteiger partial charge in [-0.05, 0) is 67.2 Å². The Morgan fingerprint density at radius 1 is 1.26 bits per heavy atom. The molecule has 4 rings (SSSR count). The van der Waals surface area contributed by atoms with E-state index >= 15 is 0 Å². The van der Waals surface area contributed by atoms with Crippen LogP contribution >= 0.6 is 0 Å². The maximum absolute atomic E-state index is 13.2. The van der Waals surface area contributed by atoms with Crippen molar-refractivity contribution in [3.05, 3.63) is 53.1 Å². The van der Waals surface area contributed by atoms with Crippen molar-refractivity contribution in [3.63, 3.8) is 0 Å². The van der Waals surface area contributed by atoms with Crippen molar-refractivity contribution in [2.45, 2.75) is 70.9 Å². The summed E-state index contributed by atoms with van der Waals surface area (Å²) in [6, 6.07) is 7.93. The highest BCUT2D eigenvalue weighted by Gasteiger charge is 2.30. The van der Waals surface area contributed by atoms with Crippen molar-refractivity contribution < 1.29 is 18.3 Å². The number of hydrogen-bond acceptors (Lipinski definition) is 5. The number of halogens is 2. The first kappa shape index (κ1) is 24.1. The lowest BCUT2D eigenvalue weighted by molar-refractivity contribution is -0.126. The molecular formula is C26H30F2N4O2. The van der Waals surface area contributed by atoms with Crippen molar-refractivity contribution in [2.75, 3.05) is 0 Å². The molecule has 1 aromatic carbocycles. The van der Waals surface area contributed by atoms with Gasteiger partial charge in [0, 0.05) is 37.1 Å². The number of alkyl halides is 2. The second kappa shape index (κ2) is 10.9. The second-order valence-electron chi connectivity index (χ2n) is 9.42. The van der Waals surface area contributed by atoms with Gasteiger partial charge in [0.25, 0.3) is 0 Å². The van der Waals surface area contributed by atoms with Gasteiger partial charge < -0.3 is 10.1 Å². The van der Waals surface area contributed by atoms with Crippen molar-refractivity contribution in [3.8, 4) is 11.8 Å². The summed E-state index contributed by atoms with van der Waals surface area (Å²) in [5.74, 6) is 2.01. The number of carbonyl (C=O) groups excluding carboxylic acids is 1. The number of benzene rings is 1. The van der Waals surface area contributed by atoms with E-state index in [1.165, 1.54) is 25.0 Å². The molecule has 0 spiro atoms. The first-order valence-electron chi connectivity index (χ1n) is 12.0. The largest absolute Gasteiger partial charge is 0.435 e.